The number of carbonyl (C=O) groups excluding carboxylic acids is 1. The quantitative estimate of drug-likeness (QED) is 0.852. The Labute approximate surface area is 123 Å². The van der Waals surface area contributed by atoms with Crippen LogP contribution in [-0.2, 0) is 14.6 Å². The lowest BCUT2D eigenvalue weighted by Crippen LogP contribution is -2.39. The van der Waals surface area contributed by atoms with Gasteiger partial charge in [0.25, 0.3) is 0 Å². The first-order chi connectivity index (χ1) is 9.45. The van der Waals surface area contributed by atoms with E-state index in [0.29, 0.717) is 12.2 Å². The molecule has 112 valence electrons. The average Bonchev–Trinajstić information content (AvgIpc) is 2.88. The molecule has 1 saturated heterocycles. The zero-order chi connectivity index (χ0) is 14.8. The highest BCUT2D eigenvalue weighted by Crippen LogP contribution is 2.33. The van der Waals surface area contributed by atoms with E-state index >= 15 is 0 Å². The molecule has 0 spiro atoms. The number of alkyl halides is 1. The lowest BCUT2D eigenvalue weighted by molar-refractivity contribution is -0.134. The number of aromatic nitrogens is 2. The minimum absolute atomic E-state index is 0.0428. The zero-order valence-corrected chi connectivity index (χ0v) is 12.9. The van der Waals surface area contributed by atoms with Gasteiger partial charge in [-0.2, -0.15) is 5.10 Å². The number of aromatic amines is 1. The molecule has 1 fully saturated rings. The van der Waals surface area contributed by atoms with Crippen LogP contribution in [-0.4, -0.2) is 48.1 Å². The van der Waals surface area contributed by atoms with Crippen molar-refractivity contribution < 1.29 is 13.2 Å². The molecule has 20 heavy (non-hydrogen) atoms. The molecule has 0 radical (unpaired) electrons. The Bertz CT molecular complexity index is 585. The Morgan fingerprint density at radius 2 is 2.30 bits per heavy atom. The first-order valence-electron chi connectivity index (χ1n) is 6.54. The van der Waals surface area contributed by atoms with Crippen molar-refractivity contribution in [1.29, 1.82) is 0 Å². The summed E-state index contributed by atoms with van der Waals surface area (Å²) in [6, 6.07) is -0.258. The predicted molar refractivity (Wildman–Crippen MR) is 75.3 cm³/mol. The molecule has 1 aromatic heterocycles. The van der Waals surface area contributed by atoms with Gasteiger partial charge in [0.1, 0.15) is 4.90 Å². The third-order valence-electron chi connectivity index (χ3n) is 3.50. The van der Waals surface area contributed by atoms with Crippen LogP contribution in [0.1, 0.15) is 37.4 Å². The van der Waals surface area contributed by atoms with E-state index in [4.69, 9.17) is 11.6 Å². The number of rotatable bonds is 4. The van der Waals surface area contributed by atoms with Crippen LogP contribution in [0.15, 0.2) is 11.1 Å². The maximum atomic E-state index is 12.1. The minimum atomic E-state index is -3.36. The zero-order valence-electron chi connectivity index (χ0n) is 11.3. The number of likely N-dealkylation sites (tertiary alicyclic amines) is 1. The first-order valence-corrected chi connectivity index (χ1v) is 8.96. The fraction of sp³-hybridized carbons (Fsp3) is 0.667. The molecule has 2 heterocycles. The fourth-order valence-electron chi connectivity index (χ4n) is 2.57. The van der Waals surface area contributed by atoms with Crippen LogP contribution in [0.3, 0.4) is 0 Å². The molecule has 1 aliphatic rings. The Balaban J connectivity index is 2.34. The number of hydrogen-bond donors (Lipinski definition) is 1. The topological polar surface area (TPSA) is 83.1 Å². The van der Waals surface area contributed by atoms with Crippen LogP contribution in [0.25, 0.3) is 0 Å². The van der Waals surface area contributed by atoms with Crippen molar-refractivity contribution >= 4 is 27.3 Å². The number of carbonyl (C=O) groups is 1. The van der Waals surface area contributed by atoms with Gasteiger partial charge >= 0.3 is 0 Å². The Morgan fingerprint density at radius 1 is 1.55 bits per heavy atom. The number of piperidine rings is 1. The normalized spacial score (nSPS) is 20.1. The minimum Gasteiger partial charge on any atom is -0.334 e. The van der Waals surface area contributed by atoms with Crippen molar-refractivity contribution in [2.24, 2.45) is 0 Å². The van der Waals surface area contributed by atoms with Gasteiger partial charge in [-0.3, -0.25) is 9.89 Å². The second kappa shape index (κ2) is 6.13. The summed E-state index contributed by atoms with van der Waals surface area (Å²) in [6.45, 7) is 0.628. The molecule has 0 aromatic carbocycles. The molecule has 1 aromatic rings. The van der Waals surface area contributed by atoms with Gasteiger partial charge in [-0.15, -0.1) is 11.6 Å². The number of H-pyrrole nitrogens is 1. The van der Waals surface area contributed by atoms with Crippen molar-refractivity contribution in [1.82, 2.24) is 15.1 Å². The second-order valence-electron chi connectivity index (χ2n) is 4.96. The van der Waals surface area contributed by atoms with Crippen molar-refractivity contribution in [3.63, 3.8) is 0 Å². The van der Waals surface area contributed by atoms with Crippen LogP contribution >= 0.6 is 11.6 Å². The molecule has 0 aliphatic carbocycles. The van der Waals surface area contributed by atoms with Gasteiger partial charge in [0, 0.05) is 25.1 Å². The third-order valence-corrected chi connectivity index (χ3v) is 4.81. The monoisotopic (exact) mass is 319 g/mol. The van der Waals surface area contributed by atoms with Crippen molar-refractivity contribution in [2.75, 3.05) is 18.7 Å². The highest BCUT2D eigenvalue weighted by molar-refractivity contribution is 7.90. The summed E-state index contributed by atoms with van der Waals surface area (Å²) in [4.78, 5) is 14.0. The molecule has 1 atom stereocenters. The van der Waals surface area contributed by atoms with Crippen molar-refractivity contribution in [2.45, 2.75) is 36.6 Å². The Kier molecular flexibility index (Phi) is 4.70. The summed E-state index contributed by atoms with van der Waals surface area (Å²) in [6.07, 6.45) is 5.34. The molecule has 1 unspecified atom stereocenters. The van der Waals surface area contributed by atoms with Gasteiger partial charge in [-0.1, -0.05) is 0 Å². The maximum Gasteiger partial charge on any atom is 0.224 e. The van der Waals surface area contributed by atoms with E-state index in [1.807, 2.05) is 0 Å². The van der Waals surface area contributed by atoms with E-state index in [9.17, 15) is 13.2 Å². The van der Waals surface area contributed by atoms with E-state index < -0.39 is 9.84 Å². The number of halogens is 1. The summed E-state index contributed by atoms with van der Waals surface area (Å²) < 4.78 is 23.6. The first kappa shape index (κ1) is 15.3. The molecule has 1 aliphatic heterocycles. The standard InChI is InChI=1S/C12H18ClN3O3S/c1-20(18,19)10-8-14-15-12(10)9-4-2-3-7-16(9)11(17)5-6-13/h8-9H,2-7H2,1H3,(H,14,15). The molecular weight excluding hydrogens is 302 g/mol. The molecule has 0 saturated carbocycles. The van der Waals surface area contributed by atoms with Crippen LogP contribution in [0, 0.1) is 0 Å². The van der Waals surface area contributed by atoms with Gasteiger partial charge in [0.05, 0.1) is 17.9 Å². The predicted octanol–water partition coefficient (Wildman–Crippen LogP) is 1.50. The van der Waals surface area contributed by atoms with E-state index in [0.717, 1.165) is 25.5 Å². The van der Waals surface area contributed by atoms with Crippen LogP contribution < -0.4 is 0 Å². The summed E-state index contributed by atoms with van der Waals surface area (Å²) in [5.41, 5.74) is 0.509. The summed E-state index contributed by atoms with van der Waals surface area (Å²) in [7, 11) is -3.36. The smallest absolute Gasteiger partial charge is 0.224 e. The van der Waals surface area contributed by atoms with Crippen molar-refractivity contribution in [3.8, 4) is 0 Å². The number of sulfone groups is 1. The molecule has 0 bridgehead atoms. The maximum absolute atomic E-state index is 12.1. The lowest BCUT2D eigenvalue weighted by atomic mass is 9.99. The number of nitrogens with one attached hydrogen (secondary N) is 1. The van der Waals surface area contributed by atoms with E-state index in [1.165, 1.54) is 6.20 Å². The van der Waals surface area contributed by atoms with E-state index in [2.05, 4.69) is 10.2 Å². The average molecular weight is 320 g/mol. The molecule has 8 heteroatoms. The largest absolute Gasteiger partial charge is 0.334 e. The van der Waals surface area contributed by atoms with Crippen molar-refractivity contribution in [3.05, 3.63) is 11.9 Å². The van der Waals surface area contributed by atoms with Gasteiger partial charge in [-0.25, -0.2) is 8.42 Å². The molecule has 2 rings (SSSR count). The SMILES string of the molecule is CS(=O)(=O)c1cn[nH]c1C1CCCCN1C(=O)CCCl. The highest BCUT2D eigenvalue weighted by Gasteiger charge is 2.32. The number of amides is 1. The summed E-state index contributed by atoms with van der Waals surface area (Å²) >= 11 is 5.63. The highest BCUT2D eigenvalue weighted by atomic mass is 35.5. The second-order valence-corrected chi connectivity index (χ2v) is 7.32. The lowest BCUT2D eigenvalue weighted by Gasteiger charge is -2.35. The fourth-order valence-corrected chi connectivity index (χ4v) is 3.56. The van der Waals surface area contributed by atoms with Gasteiger partial charge < -0.3 is 4.90 Å². The molecule has 1 amide bonds. The molecule has 1 N–H and O–H groups in total. The van der Waals surface area contributed by atoms with E-state index in [-0.39, 0.29) is 29.1 Å². The summed E-state index contributed by atoms with van der Waals surface area (Å²) in [5.74, 6) is 0.225. The summed E-state index contributed by atoms with van der Waals surface area (Å²) in [5, 5.41) is 6.59. The third kappa shape index (κ3) is 3.15. The van der Waals surface area contributed by atoms with Gasteiger partial charge in [0.2, 0.25) is 5.91 Å². The van der Waals surface area contributed by atoms with Crippen LogP contribution in [0.4, 0.5) is 0 Å². The number of nitrogens with zero attached hydrogens (tertiary/aromatic N) is 2. The van der Waals surface area contributed by atoms with E-state index in [1.54, 1.807) is 4.90 Å². The molecule has 6 nitrogen and oxygen atoms in total. The van der Waals surface area contributed by atoms with Gasteiger partial charge in [-0.05, 0) is 19.3 Å². The van der Waals surface area contributed by atoms with Gasteiger partial charge in [0.15, 0.2) is 9.84 Å². The number of hydrogen-bond acceptors (Lipinski definition) is 4. The van der Waals surface area contributed by atoms with Crippen LogP contribution in [0.5, 0.6) is 0 Å². The van der Waals surface area contributed by atoms with Crippen LogP contribution in [0.2, 0.25) is 0 Å². The molecular formula is C12H18ClN3O3S. The Hall–Kier alpha value is -1.08. The Morgan fingerprint density at radius 3 is 2.95 bits per heavy atom.